The molecule has 2 aromatic rings. The lowest BCUT2D eigenvalue weighted by Crippen LogP contribution is -2.11. The lowest BCUT2D eigenvalue weighted by Gasteiger charge is -2.18. The highest BCUT2D eigenvalue weighted by molar-refractivity contribution is 5.59. The van der Waals surface area contributed by atoms with Gasteiger partial charge < -0.3 is 4.90 Å². The first-order valence-electron chi connectivity index (χ1n) is 4.95. The van der Waals surface area contributed by atoms with Crippen LogP contribution in [0, 0.1) is 12.9 Å². The summed E-state index contributed by atoms with van der Waals surface area (Å²) in [6.45, 7) is 2.01. The predicted octanol–water partition coefficient (Wildman–Crippen LogP) is 2.69. The zero-order chi connectivity index (χ0) is 11.5. The van der Waals surface area contributed by atoms with Crippen LogP contribution >= 0.6 is 0 Å². The van der Waals surface area contributed by atoms with Gasteiger partial charge in [0.05, 0.1) is 0 Å². The second kappa shape index (κ2) is 4.26. The number of aromatic nitrogens is 2. The van der Waals surface area contributed by atoms with Crippen molar-refractivity contribution in [1.82, 2.24) is 9.97 Å². The Balaban J connectivity index is 2.35. The number of hydrogen-bond donors (Lipinski definition) is 0. The summed E-state index contributed by atoms with van der Waals surface area (Å²) in [4.78, 5) is 9.27. The van der Waals surface area contributed by atoms with Gasteiger partial charge in [-0.05, 0) is 24.6 Å². The minimum Gasteiger partial charge on any atom is -0.329 e. The third-order valence-electron chi connectivity index (χ3n) is 2.35. The fourth-order valence-corrected chi connectivity index (χ4v) is 1.48. The molecule has 1 heterocycles. The third kappa shape index (κ3) is 2.16. The summed E-state index contributed by atoms with van der Waals surface area (Å²) >= 11 is 0. The van der Waals surface area contributed by atoms with E-state index in [4.69, 9.17) is 0 Å². The molecule has 4 heteroatoms. The van der Waals surface area contributed by atoms with E-state index in [0.29, 0.717) is 5.82 Å². The third-order valence-corrected chi connectivity index (χ3v) is 2.35. The molecule has 1 aromatic carbocycles. The van der Waals surface area contributed by atoms with E-state index in [-0.39, 0.29) is 0 Å². The van der Waals surface area contributed by atoms with E-state index < -0.39 is 5.95 Å². The van der Waals surface area contributed by atoms with Crippen LogP contribution in [0.1, 0.15) is 5.56 Å². The van der Waals surface area contributed by atoms with Crippen molar-refractivity contribution in [2.45, 2.75) is 6.92 Å². The van der Waals surface area contributed by atoms with Gasteiger partial charge in [0.25, 0.3) is 0 Å². The molecule has 16 heavy (non-hydrogen) atoms. The molecule has 3 nitrogen and oxygen atoms in total. The van der Waals surface area contributed by atoms with Crippen LogP contribution in [0.25, 0.3) is 0 Å². The fourth-order valence-electron chi connectivity index (χ4n) is 1.48. The summed E-state index contributed by atoms with van der Waals surface area (Å²) < 4.78 is 12.9. The van der Waals surface area contributed by atoms with Crippen molar-refractivity contribution >= 4 is 11.5 Å². The maximum atomic E-state index is 12.9. The molecule has 0 amide bonds. The van der Waals surface area contributed by atoms with Crippen molar-refractivity contribution in [1.29, 1.82) is 0 Å². The first-order valence-corrected chi connectivity index (χ1v) is 4.95. The number of hydrogen-bond acceptors (Lipinski definition) is 3. The highest BCUT2D eigenvalue weighted by Gasteiger charge is 2.06. The molecule has 0 aliphatic rings. The van der Waals surface area contributed by atoms with Crippen LogP contribution in [-0.4, -0.2) is 17.0 Å². The molecule has 0 saturated heterocycles. The van der Waals surface area contributed by atoms with Gasteiger partial charge in [0.1, 0.15) is 12.1 Å². The van der Waals surface area contributed by atoms with Gasteiger partial charge in [-0.1, -0.05) is 12.1 Å². The SMILES string of the molecule is Cc1cccc(N(C)c2cc(F)ncn2)c1. The average molecular weight is 217 g/mol. The number of anilines is 2. The quantitative estimate of drug-likeness (QED) is 0.724. The summed E-state index contributed by atoms with van der Waals surface area (Å²) in [5.41, 5.74) is 2.12. The smallest absolute Gasteiger partial charge is 0.218 e. The van der Waals surface area contributed by atoms with Crippen molar-refractivity contribution in [3.8, 4) is 0 Å². The molecule has 1 aromatic heterocycles. The maximum Gasteiger partial charge on any atom is 0.218 e. The molecule has 0 aliphatic heterocycles. The van der Waals surface area contributed by atoms with Gasteiger partial charge in [0.15, 0.2) is 0 Å². The van der Waals surface area contributed by atoms with Crippen molar-refractivity contribution in [2.24, 2.45) is 0 Å². The van der Waals surface area contributed by atoms with Crippen LogP contribution in [-0.2, 0) is 0 Å². The first-order chi connectivity index (χ1) is 7.66. The van der Waals surface area contributed by atoms with E-state index in [0.717, 1.165) is 11.3 Å². The number of rotatable bonds is 2. The number of nitrogens with zero attached hydrogens (tertiary/aromatic N) is 3. The first kappa shape index (κ1) is 10.5. The van der Waals surface area contributed by atoms with Gasteiger partial charge in [0.2, 0.25) is 5.95 Å². The molecule has 0 radical (unpaired) electrons. The topological polar surface area (TPSA) is 29.0 Å². The molecule has 0 saturated carbocycles. The van der Waals surface area contributed by atoms with Crippen molar-refractivity contribution in [2.75, 3.05) is 11.9 Å². The molecule has 0 bridgehead atoms. The maximum absolute atomic E-state index is 12.9. The summed E-state index contributed by atoms with van der Waals surface area (Å²) in [7, 11) is 1.84. The Kier molecular flexibility index (Phi) is 2.81. The highest BCUT2D eigenvalue weighted by atomic mass is 19.1. The lowest BCUT2D eigenvalue weighted by atomic mass is 10.2. The standard InChI is InChI=1S/C12H12FN3/c1-9-4-3-5-10(6-9)16(2)12-7-11(13)14-8-15-12/h3-8H,1-2H3. The van der Waals surface area contributed by atoms with E-state index in [1.54, 1.807) is 0 Å². The van der Waals surface area contributed by atoms with Crippen LogP contribution in [0.5, 0.6) is 0 Å². The van der Waals surface area contributed by atoms with Gasteiger partial charge in [-0.3, -0.25) is 0 Å². The molecule has 0 N–H and O–H groups in total. The van der Waals surface area contributed by atoms with E-state index >= 15 is 0 Å². The van der Waals surface area contributed by atoms with Crippen molar-refractivity contribution in [3.05, 3.63) is 48.2 Å². The predicted molar refractivity (Wildman–Crippen MR) is 61.2 cm³/mol. The summed E-state index contributed by atoms with van der Waals surface area (Å²) in [5, 5.41) is 0. The number of halogens is 1. The van der Waals surface area contributed by atoms with Gasteiger partial charge >= 0.3 is 0 Å². The zero-order valence-electron chi connectivity index (χ0n) is 9.18. The molecule has 0 unspecified atom stereocenters. The van der Waals surface area contributed by atoms with Crippen molar-refractivity contribution < 1.29 is 4.39 Å². The van der Waals surface area contributed by atoms with E-state index in [9.17, 15) is 4.39 Å². The molecule has 0 aliphatic carbocycles. The lowest BCUT2D eigenvalue weighted by molar-refractivity contribution is 0.579. The van der Waals surface area contributed by atoms with Crippen LogP contribution in [0.2, 0.25) is 0 Å². The van der Waals surface area contributed by atoms with Crippen LogP contribution in [0.3, 0.4) is 0 Å². The van der Waals surface area contributed by atoms with Gasteiger partial charge in [-0.25, -0.2) is 9.97 Å². The fraction of sp³-hybridized carbons (Fsp3) is 0.167. The molecular weight excluding hydrogens is 205 g/mol. The number of benzene rings is 1. The van der Waals surface area contributed by atoms with E-state index in [2.05, 4.69) is 9.97 Å². The normalized spacial score (nSPS) is 10.2. The van der Waals surface area contributed by atoms with Crippen LogP contribution in [0.15, 0.2) is 36.7 Å². The second-order valence-electron chi connectivity index (χ2n) is 3.60. The van der Waals surface area contributed by atoms with Crippen LogP contribution in [0.4, 0.5) is 15.9 Å². The van der Waals surface area contributed by atoms with Gasteiger partial charge in [0, 0.05) is 18.8 Å². The Bertz CT molecular complexity index is 454. The van der Waals surface area contributed by atoms with E-state index in [1.807, 2.05) is 43.1 Å². The Morgan fingerprint density at radius 2 is 2.00 bits per heavy atom. The summed E-state index contributed by atoms with van der Waals surface area (Å²) in [5.74, 6) is 0.0163. The van der Waals surface area contributed by atoms with Crippen LogP contribution < -0.4 is 4.90 Å². The largest absolute Gasteiger partial charge is 0.329 e. The molecular formula is C12H12FN3. The second-order valence-corrected chi connectivity index (χ2v) is 3.60. The molecule has 0 fully saturated rings. The van der Waals surface area contributed by atoms with Gasteiger partial charge in [-0.2, -0.15) is 4.39 Å². The zero-order valence-corrected chi connectivity index (χ0v) is 9.18. The Morgan fingerprint density at radius 1 is 1.19 bits per heavy atom. The highest BCUT2D eigenvalue weighted by Crippen LogP contribution is 2.21. The van der Waals surface area contributed by atoms with Crippen molar-refractivity contribution in [3.63, 3.8) is 0 Å². The average Bonchev–Trinajstić information content (AvgIpc) is 2.28. The number of aryl methyl sites for hydroxylation is 1. The Hall–Kier alpha value is -1.97. The summed E-state index contributed by atoms with van der Waals surface area (Å²) in [6, 6.07) is 9.24. The monoisotopic (exact) mass is 217 g/mol. The minimum atomic E-state index is -0.524. The van der Waals surface area contributed by atoms with Gasteiger partial charge in [-0.15, -0.1) is 0 Å². The molecule has 0 atom stereocenters. The van der Waals surface area contributed by atoms with E-state index in [1.165, 1.54) is 12.4 Å². The molecule has 0 spiro atoms. The summed E-state index contributed by atoms with van der Waals surface area (Å²) in [6.07, 6.45) is 1.22. The molecule has 2 rings (SSSR count). The molecule has 82 valence electrons. The minimum absolute atomic E-state index is 0.524. The Morgan fingerprint density at radius 3 is 2.69 bits per heavy atom. The Labute approximate surface area is 93.6 Å².